The minimum Gasteiger partial charge on any atom is -0.346 e. The molecule has 0 radical (unpaired) electrons. The van der Waals surface area contributed by atoms with Crippen molar-refractivity contribution in [3.05, 3.63) is 0 Å². The largest absolute Gasteiger partial charge is 0.405 e. The summed E-state index contributed by atoms with van der Waals surface area (Å²) in [4.78, 5) is 15.7. The van der Waals surface area contributed by atoms with Crippen molar-refractivity contribution < 1.29 is 18.0 Å². The van der Waals surface area contributed by atoms with Crippen molar-refractivity contribution in [1.82, 2.24) is 15.1 Å². The molecule has 1 amide bonds. The van der Waals surface area contributed by atoms with Gasteiger partial charge in [-0.05, 0) is 40.4 Å². The Morgan fingerprint density at radius 2 is 2.11 bits per heavy atom. The Hall–Kier alpha value is -0.820. The molecule has 0 aromatic carbocycles. The van der Waals surface area contributed by atoms with E-state index in [9.17, 15) is 18.0 Å². The van der Waals surface area contributed by atoms with Gasteiger partial charge in [0.1, 0.15) is 6.54 Å². The first-order valence-corrected chi connectivity index (χ1v) is 6.45. The van der Waals surface area contributed by atoms with Crippen molar-refractivity contribution in [2.45, 2.75) is 38.0 Å². The maximum atomic E-state index is 12.1. The van der Waals surface area contributed by atoms with Crippen LogP contribution in [-0.4, -0.2) is 67.7 Å². The Bertz CT molecular complexity index is 307. The molecule has 7 heteroatoms. The molecule has 1 aliphatic rings. The Labute approximate surface area is 111 Å². The van der Waals surface area contributed by atoms with Crippen LogP contribution in [0.2, 0.25) is 0 Å². The SMILES string of the molecule is CC(C(=O)NCC(F)(F)F)N1CCCC(N(C)C)C1. The van der Waals surface area contributed by atoms with Gasteiger partial charge in [-0.15, -0.1) is 0 Å². The molecule has 0 aromatic heterocycles. The van der Waals surface area contributed by atoms with E-state index in [4.69, 9.17) is 0 Å². The zero-order chi connectivity index (χ0) is 14.6. The summed E-state index contributed by atoms with van der Waals surface area (Å²) in [6.07, 6.45) is -2.34. The normalized spacial score (nSPS) is 23.4. The maximum Gasteiger partial charge on any atom is 0.405 e. The van der Waals surface area contributed by atoms with Crippen LogP contribution in [0.5, 0.6) is 0 Å². The van der Waals surface area contributed by atoms with Crippen molar-refractivity contribution in [1.29, 1.82) is 0 Å². The number of hydrogen-bond acceptors (Lipinski definition) is 3. The number of rotatable bonds is 4. The molecule has 0 aromatic rings. The molecule has 0 aliphatic carbocycles. The molecule has 0 saturated carbocycles. The van der Waals surface area contributed by atoms with Gasteiger partial charge in [0, 0.05) is 12.6 Å². The van der Waals surface area contributed by atoms with Gasteiger partial charge in [0.15, 0.2) is 0 Å². The third kappa shape index (κ3) is 5.36. The Kier molecular flexibility index (Phi) is 5.61. The third-order valence-corrected chi connectivity index (χ3v) is 3.55. The van der Waals surface area contributed by atoms with Gasteiger partial charge in [-0.3, -0.25) is 9.69 Å². The fourth-order valence-corrected chi connectivity index (χ4v) is 2.26. The fraction of sp³-hybridized carbons (Fsp3) is 0.917. The van der Waals surface area contributed by atoms with Crippen molar-refractivity contribution in [2.75, 3.05) is 33.7 Å². The van der Waals surface area contributed by atoms with Gasteiger partial charge >= 0.3 is 6.18 Å². The van der Waals surface area contributed by atoms with Gasteiger partial charge in [0.25, 0.3) is 0 Å². The van der Waals surface area contributed by atoms with Gasteiger partial charge < -0.3 is 10.2 Å². The number of carbonyl (C=O) groups is 1. The lowest BCUT2D eigenvalue weighted by atomic mass is 10.0. The molecule has 1 heterocycles. The number of halogens is 3. The van der Waals surface area contributed by atoms with E-state index in [2.05, 4.69) is 4.90 Å². The maximum absolute atomic E-state index is 12.1. The Morgan fingerprint density at radius 3 is 2.63 bits per heavy atom. The number of alkyl halides is 3. The van der Waals surface area contributed by atoms with Crippen molar-refractivity contribution in [3.63, 3.8) is 0 Å². The quantitative estimate of drug-likeness (QED) is 0.837. The lowest BCUT2D eigenvalue weighted by molar-refractivity contribution is -0.141. The molecule has 2 unspecified atom stereocenters. The van der Waals surface area contributed by atoms with Gasteiger partial charge in [0.05, 0.1) is 6.04 Å². The van der Waals surface area contributed by atoms with Crippen LogP contribution in [0.3, 0.4) is 0 Å². The van der Waals surface area contributed by atoms with Gasteiger partial charge in [-0.1, -0.05) is 0 Å². The monoisotopic (exact) mass is 281 g/mol. The molecule has 1 fully saturated rings. The molecule has 1 saturated heterocycles. The molecule has 1 N–H and O–H groups in total. The van der Waals surface area contributed by atoms with E-state index in [0.29, 0.717) is 12.6 Å². The number of amides is 1. The highest BCUT2D eigenvalue weighted by molar-refractivity contribution is 5.81. The predicted octanol–water partition coefficient (Wildman–Crippen LogP) is 1.08. The minimum atomic E-state index is -4.36. The van der Waals surface area contributed by atoms with Crippen molar-refractivity contribution in [3.8, 4) is 0 Å². The average molecular weight is 281 g/mol. The van der Waals surface area contributed by atoms with E-state index < -0.39 is 24.7 Å². The number of carbonyl (C=O) groups excluding carboxylic acids is 1. The molecule has 0 spiro atoms. The minimum absolute atomic E-state index is 0.353. The lowest BCUT2D eigenvalue weighted by Crippen LogP contribution is -2.53. The number of likely N-dealkylation sites (tertiary alicyclic amines) is 1. The molecule has 2 atom stereocenters. The highest BCUT2D eigenvalue weighted by Gasteiger charge is 2.31. The second kappa shape index (κ2) is 6.56. The van der Waals surface area contributed by atoms with Crippen LogP contribution in [0.25, 0.3) is 0 Å². The first-order valence-electron chi connectivity index (χ1n) is 6.45. The van der Waals surface area contributed by atoms with E-state index in [1.165, 1.54) is 0 Å². The standard InChI is InChI=1S/C12H22F3N3O/c1-9(11(19)16-8-12(13,14)15)18-6-4-5-10(7-18)17(2)3/h9-10H,4-8H2,1-3H3,(H,16,19). The van der Waals surface area contributed by atoms with Crippen LogP contribution in [0.1, 0.15) is 19.8 Å². The first-order chi connectivity index (χ1) is 8.70. The summed E-state index contributed by atoms with van der Waals surface area (Å²) in [5.74, 6) is -0.559. The molecule has 19 heavy (non-hydrogen) atoms. The second-order valence-electron chi connectivity index (χ2n) is 5.26. The lowest BCUT2D eigenvalue weighted by Gasteiger charge is -2.38. The molecule has 1 aliphatic heterocycles. The highest BCUT2D eigenvalue weighted by atomic mass is 19.4. The van der Waals surface area contributed by atoms with E-state index in [-0.39, 0.29) is 0 Å². The highest BCUT2D eigenvalue weighted by Crippen LogP contribution is 2.17. The van der Waals surface area contributed by atoms with E-state index in [1.807, 2.05) is 24.3 Å². The number of piperidine rings is 1. The van der Waals surface area contributed by atoms with Crippen LogP contribution < -0.4 is 5.32 Å². The summed E-state index contributed by atoms with van der Waals surface area (Å²) in [6, 6.07) is -0.170. The summed E-state index contributed by atoms with van der Waals surface area (Å²) in [5.41, 5.74) is 0. The number of nitrogens with one attached hydrogen (secondary N) is 1. The van der Waals surface area contributed by atoms with E-state index in [0.717, 1.165) is 19.4 Å². The predicted molar refractivity (Wildman–Crippen MR) is 66.8 cm³/mol. The summed E-state index contributed by atoms with van der Waals surface area (Å²) in [5, 5.41) is 1.94. The summed E-state index contributed by atoms with van der Waals surface area (Å²) >= 11 is 0. The molecular formula is C12H22F3N3O. The molecule has 4 nitrogen and oxygen atoms in total. The third-order valence-electron chi connectivity index (χ3n) is 3.55. The summed E-state index contributed by atoms with van der Waals surface area (Å²) < 4.78 is 36.2. The molecular weight excluding hydrogens is 259 g/mol. The summed E-state index contributed by atoms with van der Waals surface area (Å²) in [6.45, 7) is 1.86. The molecule has 1 rings (SSSR count). The van der Waals surface area contributed by atoms with Gasteiger partial charge in [0.2, 0.25) is 5.91 Å². The average Bonchev–Trinajstić information content (AvgIpc) is 2.34. The number of nitrogens with zero attached hydrogens (tertiary/aromatic N) is 2. The summed E-state index contributed by atoms with van der Waals surface area (Å²) in [7, 11) is 3.95. The zero-order valence-electron chi connectivity index (χ0n) is 11.6. The zero-order valence-corrected chi connectivity index (χ0v) is 11.6. The Morgan fingerprint density at radius 1 is 1.47 bits per heavy atom. The van der Waals surface area contributed by atoms with Gasteiger partial charge in [-0.2, -0.15) is 13.2 Å². The van der Waals surface area contributed by atoms with Crippen LogP contribution in [0, 0.1) is 0 Å². The van der Waals surface area contributed by atoms with Crippen LogP contribution in [0.15, 0.2) is 0 Å². The van der Waals surface area contributed by atoms with Crippen LogP contribution in [-0.2, 0) is 4.79 Å². The van der Waals surface area contributed by atoms with Crippen LogP contribution in [0.4, 0.5) is 13.2 Å². The number of hydrogen-bond donors (Lipinski definition) is 1. The van der Waals surface area contributed by atoms with Gasteiger partial charge in [-0.25, -0.2) is 0 Å². The topological polar surface area (TPSA) is 35.6 Å². The van der Waals surface area contributed by atoms with Crippen molar-refractivity contribution >= 4 is 5.91 Å². The first kappa shape index (κ1) is 16.2. The fourth-order valence-electron chi connectivity index (χ4n) is 2.26. The molecule has 0 bridgehead atoms. The number of likely N-dealkylation sites (N-methyl/N-ethyl adjacent to an activating group) is 1. The Balaban J connectivity index is 2.47. The van der Waals surface area contributed by atoms with E-state index in [1.54, 1.807) is 6.92 Å². The van der Waals surface area contributed by atoms with E-state index >= 15 is 0 Å². The van der Waals surface area contributed by atoms with Crippen molar-refractivity contribution in [2.24, 2.45) is 0 Å². The van der Waals surface area contributed by atoms with Crippen LogP contribution >= 0.6 is 0 Å². The molecule has 112 valence electrons. The second-order valence-corrected chi connectivity index (χ2v) is 5.26. The smallest absolute Gasteiger partial charge is 0.346 e.